The number of carbonyl (C=O) groups excluding carboxylic acids is 1. The van der Waals surface area contributed by atoms with Crippen LogP contribution in [0, 0.1) is 6.92 Å². The number of nitrogens with one attached hydrogen (secondary N) is 1. The van der Waals surface area contributed by atoms with Gasteiger partial charge < -0.3 is 19.2 Å². The summed E-state index contributed by atoms with van der Waals surface area (Å²) in [6, 6.07) is 9.87. The minimum Gasteiger partial charge on any atom is -0.496 e. The van der Waals surface area contributed by atoms with E-state index in [2.05, 4.69) is 5.32 Å². The Kier molecular flexibility index (Phi) is 6.27. The minimum absolute atomic E-state index is 0.123. The van der Waals surface area contributed by atoms with E-state index >= 15 is 0 Å². The van der Waals surface area contributed by atoms with E-state index in [9.17, 15) is 4.79 Å². The first-order valence-corrected chi connectivity index (χ1v) is 9.79. The number of likely N-dealkylation sites (N-methyl/N-ethyl adjacent to an activating group) is 1. The zero-order valence-corrected chi connectivity index (χ0v) is 17.6. The van der Waals surface area contributed by atoms with E-state index in [1.54, 1.807) is 19.4 Å². The number of para-hydroxylation sites is 1. The average Bonchev–Trinajstić information content (AvgIpc) is 3.14. The zero-order valence-electron chi connectivity index (χ0n) is 17.6. The van der Waals surface area contributed by atoms with Gasteiger partial charge in [-0.2, -0.15) is 0 Å². The molecule has 0 saturated heterocycles. The molecule has 0 aliphatic heterocycles. The highest BCUT2D eigenvalue weighted by Crippen LogP contribution is 2.42. The van der Waals surface area contributed by atoms with Crippen molar-refractivity contribution in [3.63, 3.8) is 0 Å². The molecule has 0 fully saturated rings. The van der Waals surface area contributed by atoms with Crippen LogP contribution in [-0.2, 0) is 4.79 Å². The Labute approximate surface area is 171 Å². The molecule has 1 heterocycles. The first-order valence-electron chi connectivity index (χ1n) is 9.79. The first kappa shape index (κ1) is 20.5. The van der Waals surface area contributed by atoms with Crippen LogP contribution >= 0.6 is 0 Å². The minimum atomic E-state index is -0.123. The Bertz CT molecular complexity index is 1060. The summed E-state index contributed by atoms with van der Waals surface area (Å²) < 4.78 is 17.4. The molecule has 0 spiro atoms. The predicted octanol–water partition coefficient (Wildman–Crippen LogP) is 5.35. The van der Waals surface area contributed by atoms with E-state index in [4.69, 9.17) is 13.9 Å². The lowest BCUT2D eigenvalue weighted by Crippen LogP contribution is -2.20. The largest absolute Gasteiger partial charge is 0.496 e. The summed E-state index contributed by atoms with van der Waals surface area (Å²) in [4.78, 5) is 12.1. The number of carbonyl (C=O) groups is 1. The molecule has 0 atom stereocenters. The highest BCUT2D eigenvalue weighted by atomic mass is 16.5. The summed E-state index contributed by atoms with van der Waals surface area (Å²) in [5.74, 6) is 1.39. The molecule has 5 nitrogen and oxygen atoms in total. The van der Waals surface area contributed by atoms with Crippen molar-refractivity contribution in [2.45, 2.75) is 27.7 Å². The van der Waals surface area contributed by atoms with Crippen LogP contribution in [0.2, 0.25) is 0 Å². The summed E-state index contributed by atoms with van der Waals surface area (Å²) in [5, 5.41) is 3.76. The molecule has 1 N–H and O–H groups in total. The molecule has 0 bridgehead atoms. The second-order valence-electron chi connectivity index (χ2n) is 6.76. The third-order valence-electron chi connectivity index (χ3n) is 4.85. The SMILES string of the molecule is CCNC(=O)/C=C(\C)c1cc2c(-c3ccccc3OC)coc2c(C)c1OCC. The van der Waals surface area contributed by atoms with Gasteiger partial charge in [-0.3, -0.25) is 4.79 Å². The monoisotopic (exact) mass is 393 g/mol. The number of aryl methyl sites for hydroxylation is 1. The lowest BCUT2D eigenvalue weighted by atomic mass is 9.96. The Hall–Kier alpha value is -3.21. The lowest BCUT2D eigenvalue weighted by molar-refractivity contribution is -0.116. The summed E-state index contributed by atoms with van der Waals surface area (Å²) in [5.41, 5.74) is 5.27. The quantitative estimate of drug-likeness (QED) is 0.549. The Morgan fingerprint density at radius 3 is 2.66 bits per heavy atom. The second-order valence-corrected chi connectivity index (χ2v) is 6.76. The van der Waals surface area contributed by atoms with E-state index in [1.165, 1.54) is 0 Å². The van der Waals surface area contributed by atoms with Crippen LogP contribution in [0.25, 0.3) is 27.7 Å². The third kappa shape index (κ3) is 3.99. The van der Waals surface area contributed by atoms with Gasteiger partial charge in [0, 0.05) is 40.3 Å². The number of methoxy groups -OCH3 is 1. The van der Waals surface area contributed by atoms with Crippen molar-refractivity contribution >= 4 is 22.4 Å². The number of benzene rings is 2. The molecule has 2 aromatic carbocycles. The topological polar surface area (TPSA) is 60.7 Å². The number of rotatable bonds is 7. The number of amides is 1. The first-order chi connectivity index (χ1) is 14.0. The van der Waals surface area contributed by atoms with Crippen LogP contribution in [0.15, 0.2) is 47.1 Å². The molecule has 0 aliphatic carbocycles. The van der Waals surface area contributed by atoms with Gasteiger partial charge in [0.15, 0.2) is 0 Å². The van der Waals surface area contributed by atoms with Crippen LogP contribution in [0.4, 0.5) is 0 Å². The maximum Gasteiger partial charge on any atom is 0.244 e. The lowest BCUT2D eigenvalue weighted by Gasteiger charge is -2.15. The number of ether oxygens (including phenoxy) is 2. The smallest absolute Gasteiger partial charge is 0.244 e. The fourth-order valence-electron chi connectivity index (χ4n) is 3.51. The van der Waals surface area contributed by atoms with E-state index < -0.39 is 0 Å². The van der Waals surface area contributed by atoms with Crippen molar-refractivity contribution in [3.8, 4) is 22.6 Å². The molecule has 5 heteroatoms. The summed E-state index contributed by atoms with van der Waals surface area (Å²) in [7, 11) is 1.66. The Morgan fingerprint density at radius 1 is 1.21 bits per heavy atom. The number of allylic oxidation sites excluding steroid dienone is 1. The molecule has 0 saturated carbocycles. The van der Waals surface area contributed by atoms with Gasteiger partial charge in [0.05, 0.1) is 20.0 Å². The van der Waals surface area contributed by atoms with Gasteiger partial charge in [-0.25, -0.2) is 0 Å². The maximum atomic E-state index is 12.1. The van der Waals surface area contributed by atoms with Gasteiger partial charge >= 0.3 is 0 Å². The van der Waals surface area contributed by atoms with E-state index in [0.717, 1.165) is 50.3 Å². The highest BCUT2D eigenvalue weighted by molar-refractivity contribution is 6.02. The van der Waals surface area contributed by atoms with Crippen molar-refractivity contribution in [2.75, 3.05) is 20.3 Å². The number of fused-ring (bicyclic) bond motifs is 1. The Morgan fingerprint density at radius 2 is 1.97 bits per heavy atom. The molecule has 29 heavy (non-hydrogen) atoms. The average molecular weight is 393 g/mol. The fraction of sp³-hybridized carbons (Fsp3) is 0.292. The molecule has 0 unspecified atom stereocenters. The van der Waals surface area contributed by atoms with Gasteiger partial charge in [-0.15, -0.1) is 0 Å². The van der Waals surface area contributed by atoms with Crippen molar-refractivity contribution in [2.24, 2.45) is 0 Å². The van der Waals surface area contributed by atoms with Crippen LogP contribution in [0.1, 0.15) is 31.9 Å². The van der Waals surface area contributed by atoms with Gasteiger partial charge in [0.25, 0.3) is 0 Å². The van der Waals surface area contributed by atoms with Crippen molar-refractivity contribution < 1.29 is 18.7 Å². The molecular formula is C24H27NO4. The molecule has 1 aromatic heterocycles. The van der Waals surface area contributed by atoms with Crippen LogP contribution in [0.5, 0.6) is 11.5 Å². The highest BCUT2D eigenvalue weighted by Gasteiger charge is 2.20. The number of hydrogen-bond acceptors (Lipinski definition) is 4. The Balaban J connectivity index is 2.25. The molecule has 3 rings (SSSR count). The number of hydrogen-bond donors (Lipinski definition) is 1. The molecule has 3 aromatic rings. The van der Waals surface area contributed by atoms with E-state index in [-0.39, 0.29) is 5.91 Å². The maximum absolute atomic E-state index is 12.1. The summed E-state index contributed by atoms with van der Waals surface area (Å²) in [6.07, 6.45) is 3.35. The standard InChI is InChI=1S/C24H27NO4/c1-6-25-22(26)12-15(3)18-13-19-20(17-10-8-9-11-21(17)27-5)14-29-24(19)16(4)23(18)28-7-2/h8-14H,6-7H2,1-5H3,(H,25,26)/b15-12+. The van der Waals surface area contributed by atoms with Gasteiger partial charge in [-0.05, 0) is 45.4 Å². The van der Waals surface area contributed by atoms with E-state index in [0.29, 0.717) is 13.2 Å². The zero-order chi connectivity index (χ0) is 21.0. The van der Waals surface area contributed by atoms with Crippen molar-refractivity contribution in [3.05, 3.63) is 53.8 Å². The van der Waals surface area contributed by atoms with Crippen LogP contribution in [0.3, 0.4) is 0 Å². The molecule has 1 amide bonds. The normalized spacial score (nSPS) is 11.6. The third-order valence-corrected chi connectivity index (χ3v) is 4.85. The van der Waals surface area contributed by atoms with Crippen molar-refractivity contribution in [1.29, 1.82) is 0 Å². The van der Waals surface area contributed by atoms with Gasteiger partial charge in [-0.1, -0.05) is 18.2 Å². The van der Waals surface area contributed by atoms with Crippen molar-refractivity contribution in [1.82, 2.24) is 5.32 Å². The van der Waals surface area contributed by atoms with E-state index in [1.807, 2.05) is 58.0 Å². The van der Waals surface area contributed by atoms with Crippen LogP contribution < -0.4 is 14.8 Å². The van der Waals surface area contributed by atoms with Gasteiger partial charge in [0.1, 0.15) is 17.1 Å². The fourth-order valence-corrected chi connectivity index (χ4v) is 3.51. The second kappa shape index (κ2) is 8.86. The van der Waals surface area contributed by atoms with Gasteiger partial charge in [0.2, 0.25) is 5.91 Å². The molecule has 152 valence electrons. The molecular weight excluding hydrogens is 366 g/mol. The molecule has 0 radical (unpaired) electrons. The molecule has 0 aliphatic rings. The summed E-state index contributed by atoms with van der Waals surface area (Å²) >= 11 is 0. The predicted molar refractivity (Wildman–Crippen MR) is 116 cm³/mol. The number of furan rings is 1. The van der Waals surface area contributed by atoms with Crippen LogP contribution in [-0.4, -0.2) is 26.2 Å². The summed E-state index contributed by atoms with van der Waals surface area (Å²) in [6.45, 7) is 8.84.